The highest BCUT2D eigenvalue weighted by Gasteiger charge is 2.17. The summed E-state index contributed by atoms with van der Waals surface area (Å²) in [5.74, 6) is 0.915. The van der Waals surface area contributed by atoms with Gasteiger partial charge in [0.15, 0.2) is 0 Å². The van der Waals surface area contributed by atoms with Crippen molar-refractivity contribution in [1.82, 2.24) is 5.16 Å². The zero-order valence-electron chi connectivity index (χ0n) is 15.3. The Hall–Kier alpha value is -2.88. The molecule has 0 radical (unpaired) electrons. The van der Waals surface area contributed by atoms with Gasteiger partial charge in [0.1, 0.15) is 5.76 Å². The molecule has 0 bridgehead atoms. The van der Waals surface area contributed by atoms with Crippen LogP contribution in [0.25, 0.3) is 0 Å². The molecular weight excluding hydrogens is 324 g/mol. The Morgan fingerprint density at radius 1 is 0.962 bits per heavy atom. The quantitative estimate of drug-likeness (QED) is 0.631. The molecule has 0 saturated carbocycles. The van der Waals surface area contributed by atoms with E-state index in [1.54, 1.807) is 0 Å². The second-order valence-electron chi connectivity index (χ2n) is 6.42. The van der Waals surface area contributed by atoms with Gasteiger partial charge in [0.05, 0.1) is 5.69 Å². The highest BCUT2D eigenvalue weighted by Crippen LogP contribution is 2.19. The van der Waals surface area contributed by atoms with Crippen LogP contribution in [0.2, 0.25) is 0 Å². The number of hydrogen-bond donors (Lipinski definition) is 0. The van der Waals surface area contributed by atoms with Crippen LogP contribution in [0.15, 0.2) is 65.2 Å². The standard InChI is InChI=1S/C22H24N2O2/c1-17-21(18(2)26-23-17)13-14-22(25)24(20-11-7-4-8-12-20)16-15-19-9-5-3-6-10-19/h3-12H,13-16H2,1-2H3. The molecule has 1 heterocycles. The van der Waals surface area contributed by atoms with Gasteiger partial charge in [-0.25, -0.2) is 0 Å². The van der Waals surface area contributed by atoms with Crippen molar-refractivity contribution in [1.29, 1.82) is 0 Å². The molecule has 1 aromatic heterocycles. The molecule has 3 aromatic rings. The normalized spacial score (nSPS) is 10.7. The third-order valence-corrected chi connectivity index (χ3v) is 4.61. The predicted octanol–water partition coefficient (Wildman–Crippen LogP) is 4.50. The lowest BCUT2D eigenvalue weighted by Gasteiger charge is -2.23. The first-order valence-electron chi connectivity index (χ1n) is 8.96. The summed E-state index contributed by atoms with van der Waals surface area (Å²) in [5.41, 5.74) is 4.07. The summed E-state index contributed by atoms with van der Waals surface area (Å²) in [6.07, 6.45) is 1.91. The van der Waals surface area contributed by atoms with Gasteiger partial charge in [-0.3, -0.25) is 4.79 Å². The van der Waals surface area contributed by atoms with Gasteiger partial charge in [0, 0.05) is 24.2 Å². The zero-order valence-corrected chi connectivity index (χ0v) is 15.3. The lowest BCUT2D eigenvalue weighted by atomic mass is 10.1. The average Bonchev–Trinajstić information content (AvgIpc) is 3.00. The smallest absolute Gasteiger partial charge is 0.227 e. The second-order valence-corrected chi connectivity index (χ2v) is 6.42. The molecule has 134 valence electrons. The van der Waals surface area contributed by atoms with Crippen molar-refractivity contribution >= 4 is 11.6 Å². The van der Waals surface area contributed by atoms with Crippen LogP contribution < -0.4 is 4.90 Å². The topological polar surface area (TPSA) is 46.3 Å². The number of carbonyl (C=O) groups excluding carboxylic acids is 1. The number of benzene rings is 2. The first-order valence-corrected chi connectivity index (χ1v) is 8.96. The number of rotatable bonds is 7. The van der Waals surface area contributed by atoms with Crippen LogP contribution >= 0.6 is 0 Å². The van der Waals surface area contributed by atoms with Crippen LogP contribution in [0.5, 0.6) is 0 Å². The van der Waals surface area contributed by atoms with Gasteiger partial charge in [-0.15, -0.1) is 0 Å². The number of amides is 1. The number of aryl methyl sites for hydroxylation is 2. The van der Waals surface area contributed by atoms with Crippen LogP contribution in [0.4, 0.5) is 5.69 Å². The molecule has 0 saturated heterocycles. The highest BCUT2D eigenvalue weighted by atomic mass is 16.5. The summed E-state index contributed by atoms with van der Waals surface area (Å²) in [7, 11) is 0. The van der Waals surface area contributed by atoms with E-state index in [9.17, 15) is 4.79 Å². The van der Waals surface area contributed by atoms with Crippen molar-refractivity contribution in [3.8, 4) is 0 Å². The van der Waals surface area contributed by atoms with Crippen molar-refractivity contribution in [3.05, 3.63) is 83.2 Å². The fourth-order valence-electron chi connectivity index (χ4n) is 3.12. The number of aromatic nitrogens is 1. The third-order valence-electron chi connectivity index (χ3n) is 4.61. The van der Waals surface area contributed by atoms with E-state index in [-0.39, 0.29) is 5.91 Å². The Morgan fingerprint density at radius 2 is 1.62 bits per heavy atom. The molecule has 0 aliphatic heterocycles. The first-order chi connectivity index (χ1) is 12.6. The molecule has 3 rings (SSSR count). The predicted molar refractivity (Wildman–Crippen MR) is 103 cm³/mol. The van der Waals surface area contributed by atoms with E-state index in [4.69, 9.17) is 4.52 Å². The molecule has 2 aromatic carbocycles. The SMILES string of the molecule is Cc1noc(C)c1CCC(=O)N(CCc1ccccc1)c1ccccc1. The molecule has 26 heavy (non-hydrogen) atoms. The molecule has 4 heteroatoms. The van der Waals surface area contributed by atoms with Crippen molar-refractivity contribution in [2.24, 2.45) is 0 Å². The van der Waals surface area contributed by atoms with E-state index < -0.39 is 0 Å². The van der Waals surface area contributed by atoms with Gasteiger partial charge < -0.3 is 9.42 Å². The minimum atomic E-state index is 0.118. The molecule has 0 aliphatic carbocycles. The molecule has 0 spiro atoms. The number of para-hydroxylation sites is 1. The maximum atomic E-state index is 13.0. The molecule has 0 N–H and O–H groups in total. The molecule has 4 nitrogen and oxygen atoms in total. The van der Waals surface area contributed by atoms with Crippen LogP contribution in [0.3, 0.4) is 0 Å². The Balaban J connectivity index is 1.71. The van der Waals surface area contributed by atoms with Gasteiger partial charge in [0.2, 0.25) is 5.91 Å². The summed E-state index contributed by atoms with van der Waals surface area (Å²) in [6, 6.07) is 20.1. The Morgan fingerprint density at radius 3 is 2.23 bits per heavy atom. The zero-order chi connectivity index (χ0) is 18.4. The number of carbonyl (C=O) groups is 1. The average molecular weight is 348 g/mol. The van der Waals surface area contributed by atoms with E-state index in [0.29, 0.717) is 19.4 Å². The van der Waals surface area contributed by atoms with E-state index in [1.807, 2.05) is 67.3 Å². The minimum Gasteiger partial charge on any atom is -0.361 e. The maximum Gasteiger partial charge on any atom is 0.227 e. The summed E-state index contributed by atoms with van der Waals surface area (Å²) in [5, 5.41) is 3.97. The third kappa shape index (κ3) is 4.39. The number of hydrogen-bond acceptors (Lipinski definition) is 3. The summed E-state index contributed by atoms with van der Waals surface area (Å²) in [6.45, 7) is 4.47. The fourth-order valence-corrected chi connectivity index (χ4v) is 3.12. The largest absolute Gasteiger partial charge is 0.361 e. The van der Waals surface area contributed by atoms with E-state index in [2.05, 4.69) is 17.3 Å². The van der Waals surface area contributed by atoms with Gasteiger partial charge in [-0.1, -0.05) is 53.7 Å². The van der Waals surface area contributed by atoms with E-state index >= 15 is 0 Å². The molecule has 0 atom stereocenters. The summed E-state index contributed by atoms with van der Waals surface area (Å²) >= 11 is 0. The number of nitrogens with zero attached hydrogens (tertiary/aromatic N) is 2. The first kappa shape index (κ1) is 17.9. The van der Waals surface area contributed by atoms with Crippen molar-refractivity contribution in [3.63, 3.8) is 0 Å². The summed E-state index contributed by atoms with van der Waals surface area (Å²) < 4.78 is 5.20. The molecule has 0 fully saturated rings. The molecular formula is C22H24N2O2. The summed E-state index contributed by atoms with van der Waals surface area (Å²) in [4.78, 5) is 14.8. The maximum absolute atomic E-state index is 13.0. The molecule has 0 unspecified atom stereocenters. The van der Waals surface area contributed by atoms with Crippen LogP contribution in [-0.2, 0) is 17.6 Å². The van der Waals surface area contributed by atoms with Crippen LogP contribution in [0.1, 0.15) is 29.0 Å². The van der Waals surface area contributed by atoms with Gasteiger partial charge in [-0.2, -0.15) is 0 Å². The minimum absolute atomic E-state index is 0.118. The number of anilines is 1. The Kier molecular flexibility index (Phi) is 5.84. The van der Waals surface area contributed by atoms with E-state index in [0.717, 1.165) is 29.1 Å². The van der Waals surface area contributed by atoms with Crippen molar-refractivity contribution in [2.75, 3.05) is 11.4 Å². The van der Waals surface area contributed by atoms with Gasteiger partial charge >= 0.3 is 0 Å². The highest BCUT2D eigenvalue weighted by molar-refractivity contribution is 5.93. The lowest BCUT2D eigenvalue weighted by Crippen LogP contribution is -2.33. The molecule has 1 amide bonds. The van der Waals surface area contributed by atoms with E-state index in [1.165, 1.54) is 5.56 Å². The monoisotopic (exact) mass is 348 g/mol. The van der Waals surface area contributed by atoms with Gasteiger partial charge in [-0.05, 0) is 44.4 Å². The van der Waals surface area contributed by atoms with Crippen molar-refractivity contribution in [2.45, 2.75) is 33.1 Å². The van der Waals surface area contributed by atoms with Crippen LogP contribution in [0, 0.1) is 13.8 Å². The Labute approximate surface area is 154 Å². The fraction of sp³-hybridized carbons (Fsp3) is 0.273. The molecule has 0 aliphatic rings. The Bertz CT molecular complexity index is 822. The van der Waals surface area contributed by atoms with Crippen LogP contribution in [-0.4, -0.2) is 17.6 Å². The lowest BCUT2D eigenvalue weighted by molar-refractivity contribution is -0.118. The van der Waals surface area contributed by atoms with Gasteiger partial charge in [0.25, 0.3) is 0 Å². The second kappa shape index (κ2) is 8.48. The van der Waals surface area contributed by atoms with Crippen molar-refractivity contribution < 1.29 is 9.32 Å².